The molecule has 0 radical (unpaired) electrons. The fraction of sp³-hybridized carbons (Fsp3) is 0.415. The summed E-state index contributed by atoms with van der Waals surface area (Å²) < 4.78 is 5.36. The van der Waals surface area contributed by atoms with E-state index in [4.69, 9.17) is 4.74 Å². The van der Waals surface area contributed by atoms with Crippen LogP contribution in [-0.4, -0.2) is 74.5 Å². The second-order valence-electron chi connectivity index (χ2n) is 15.7. The smallest absolute Gasteiger partial charge is 0.408 e. The van der Waals surface area contributed by atoms with Crippen molar-refractivity contribution < 1.29 is 34.1 Å². The zero-order chi connectivity index (χ0) is 40.2. The van der Waals surface area contributed by atoms with E-state index in [1.54, 1.807) is 38.7 Å². The average molecular weight is 773 g/mol. The van der Waals surface area contributed by atoms with Crippen molar-refractivity contribution >= 4 is 35.3 Å². The molecule has 4 amide bonds. The van der Waals surface area contributed by atoms with Gasteiger partial charge in [-0.1, -0.05) is 102 Å². The molecular weight excluding hydrogens is 721 g/mol. The van der Waals surface area contributed by atoms with Crippen LogP contribution in [0.2, 0.25) is 0 Å². The summed E-state index contributed by atoms with van der Waals surface area (Å²) in [7, 11) is 0. The van der Waals surface area contributed by atoms with Crippen LogP contribution in [0, 0.1) is 10.8 Å². The van der Waals surface area contributed by atoms with E-state index < -0.39 is 65.1 Å². The number of nitrogens with zero attached hydrogens (tertiary/aromatic N) is 2. The highest BCUT2D eigenvalue weighted by Gasteiger charge is 2.37. The zero-order valence-corrected chi connectivity index (χ0v) is 32.9. The first-order valence-electron chi connectivity index (χ1n) is 18.1. The maximum Gasteiger partial charge on any atom is 0.408 e. The van der Waals surface area contributed by atoms with Crippen molar-refractivity contribution in [2.75, 3.05) is 0 Å². The van der Waals surface area contributed by atoms with Crippen LogP contribution in [0.1, 0.15) is 64.0 Å². The first kappa shape index (κ1) is 42.4. The Labute approximate surface area is 326 Å². The molecule has 0 unspecified atom stereocenters. The van der Waals surface area contributed by atoms with Gasteiger partial charge in [0, 0.05) is 24.0 Å². The first-order chi connectivity index (χ1) is 26.0. The standard InChI is InChI=1S/C41H52N6O7S/c1-40(2,3)34(46-38(51)52)36(49)44-29(20-27-15-17-28(18-16-27)31-14-10-11-19-43-31)22-33(48)32(21-26-12-8-7-9-13-26)45-37(50)35(41(4,5)6)47-39(53)54-24-30-23-42-25-55-30/h7-19,23,25,29,32-35,46,48H,20-22,24H2,1-6H3,(H,44,49)(H,45,50)(H,47,53)(H,51,52)/t29-,32-,33-,34+,35+/m0/s1. The number of hydrogen-bond acceptors (Lipinski definition) is 9. The van der Waals surface area contributed by atoms with Crippen LogP contribution >= 0.6 is 11.3 Å². The summed E-state index contributed by atoms with van der Waals surface area (Å²) >= 11 is 1.34. The average Bonchev–Trinajstić information content (AvgIpc) is 3.65. The van der Waals surface area contributed by atoms with Gasteiger partial charge in [-0.3, -0.25) is 19.6 Å². The molecule has 0 saturated heterocycles. The van der Waals surface area contributed by atoms with E-state index in [0.717, 1.165) is 27.3 Å². The first-order valence-corrected chi connectivity index (χ1v) is 19.0. The molecule has 0 aliphatic rings. The van der Waals surface area contributed by atoms with E-state index in [-0.39, 0.29) is 19.4 Å². The highest BCUT2D eigenvalue weighted by atomic mass is 32.1. The van der Waals surface area contributed by atoms with Crippen molar-refractivity contribution in [1.29, 1.82) is 0 Å². The Hall–Kier alpha value is -5.34. The van der Waals surface area contributed by atoms with Crippen molar-refractivity contribution in [2.45, 2.75) is 97.7 Å². The topological polar surface area (TPSA) is 192 Å². The summed E-state index contributed by atoms with van der Waals surface area (Å²) in [6.07, 6.45) is 0.542. The summed E-state index contributed by atoms with van der Waals surface area (Å²) in [6, 6.07) is 19.0. The Morgan fingerprint density at radius 1 is 0.764 bits per heavy atom. The van der Waals surface area contributed by atoms with Crippen LogP contribution in [-0.2, 0) is 33.8 Å². The number of rotatable bonds is 16. The molecule has 0 aliphatic carbocycles. The molecule has 6 N–H and O–H groups in total. The van der Waals surface area contributed by atoms with Gasteiger partial charge in [-0.05, 0) is 53.4 Å². The van der Waals surface area contributed by atoms with Gasteiger partial charge >= 0.3 is 12.2 Å². The van der Waals surface area contributed by atoms with Gasteiger partial charge in [0.15, 0.2) is 0 Å². The maximum absolute atomic E-state index is 14.0. The Bertz CT molecular complexity index is 1830. The fourth-order valence-electron chi connectivity index (χ4n) is 6.06. The molecule has 0 spiro atoms. The van der Waals surface area contributed by atoms with Crippen LogP contribution in [0.15, 0.2) is 90.7 Å². The Kier molecular flexibility index (Phi) is 14.9. The lowest BCUT2D eigenvalue weighted by atomic mass is 9.85. The SMILES string of the molecule is CC(C)(C)[C@H](NC(=O)O)C(=O)N[C@@H](Cc1ccc(-c2ccccn2)cc1)C[C@H](O)[C@H](Cc1ccccc1)NC(=O)[C@@H](NC(=O)OCc1cncs1)C(C)(C)C. The van der Waals surface area contributed by atoms with Crippen molar-refractivity contribution in [3.63, 3.8) is 0 Å². The van der Waals surface area contributed by atoms with E-state index in [2.05, 4.69) is 31.2 Å². The molecule has 14 heteroatoms. The molecule has 0 aliphatic heterocycles. The van der Waals surface area contributed by atoms with Gasteiger partial charge in [-0.15, -0.1) is 11.3 Å². The number of aromatic nitrogens is 2. The van der Waals surface area contributed by atoms with E-state index >= 15 is 0 Å². The quantitative estimate of drug-likeness (QED) is 0.0825. The molecule has 4 rings (SSSR count). The minimum Gasteiger partial charge on any atom is -0.465 e. The summed E-state index contributed by atoms with van der Waals surface area (Å²) in [5.74, 6) is -1.07. The highest BCUT2D eigenvalue weighted by Crippen LogP contribution is 2.24. The van der Waals surface area contributed by atoms with Gasteiger partial charge in [0.25, 0.3) is 0 Å². The third kappa shape index (κ3) is 13.5. The van der Waals surface area contributed by atoms with Gasteiger partial charge in [0.05, 0.1) is 28.2 Å². The lowest BCUT2D eigenvalue weighted by molar-refractivity contribution is -0.128. The van der Waals surface area contributed by atoms with Gasteiger partial charge < -0.3 is 36.2 Å². The van der Waals surface area contributed by atoms with Crippen LogP contribution in [0.4, 0.5) is 9.59 Å². The number of nitrogens with one attached hydrogen (secondary N) is 4. The second-order valence-corrected chi connectivity index (χ2v) is 16.6. The molecule has 4 aromatic rings. The third-order valence-electron chi connectivity index (χ3n) is 8.98. The van der Waals surface area contributed by atoms with Gasteiger partial charge in [0.1, 0.15) is 18.7 Å². The maximum atomic E-state index is 14.0. The number of thiazole rings is 1. The molecule has 2 heterocycles. The number of hydrogen-bond donors (Lipinski definition) is 6. The number of aliphatic hydroxyl groups excluding tert-OH is 1. The second kappa shape index (κ2) is 19.3. The Balaban J connectivity index is 1.60. The fourth-order valence-corrected chi connectivity index (χ4v) is 6.57. The number of amides is 4. The minimum atomic E-state index is -1.34. The molecular formula is C41H52N6O7S. The molecule has 2 aromatic heterocycles. The number of carbonyl (C=O) groups is 4. The molecule has 55 heavy (non-hydrogen) atoms. The van der Waals surface area contributed by atoms with Crippen molar-refractivity contribution in [3.8, 4) is 11.3 Å². The number of benzene rings is 2. The number of carbonyl (C=O) groups excluding carboxylic acids is 3. The summed E-state index contributed by atoms with van der Waals surface area (Å²) in [6.45, 7) is 10.7. The molecule has 2 aromatic carbocycles. The summed E-state index contributed by atoms with van der Waals surface area (Å²) in [5, 5.41) is 32.5. The van der Waals surface area contributed by atoms with E-state index in [0.29, 0.717) is 6.42 Å². The summed E-state index contributed by atoms with van der Waals surface area (Å²) in [4.78, 5) is 61.5. The number of aliphatic hydroxyl groups is 1. The molecule has 0 fully saturated rings. The lowest BCUT2D eigenvalue weighted by Crippen LogP contribution is -2.59. The van der Waals surface area contributed by atoms with Gasteiger partial charge in [-0.2, -0.15) is 0 Å². The number of alkyl carbamates (subject to hydrolysis) is 1. The Morgan fingerprint density at radius 2 is 1.38 bits per heavy atom. The Morgan fingerprint density at radius 3 is 1.96 bits per heavy atom. The van der Waals surface area contributed by atoms with Crippen LogP contribution in [0.5, 0.6) is 0 Å². The van der Waals surface area contributed by atoms with Gasteiger partial charge in [0.2, 0.25) is 11.8 Å². The minimum absolute atomic E-state index is 0.0000488. The number of pyridine rings is 1. The lowest BCUT2D eigenvalue weighted by Gasteiger charge is -2.34. The predicted molar refractivity (Wildman–Crippen MR) is 211 cm³/mol. The number of ether oxygens (including phenoxy) is 1. The predicted octanol–water partition coefficient (Wildman–Crippen LogP) is 5.73. The molecule has 294 valence electrons. The van der Waals surface area contributed by atoms with E-state index in [1.165, 1.54) is 11.3 Å². The normalized spacial score (nSPS) is 14.4. The van der Waals surface area contributed by atoms with Gasteiger partial charge in [-0.25, -0.2) is 9.59 Å². The molecule has 5 atom stereocenters. The van der Waals surface area contributed by atoms with Crippen molar-refractivity contribution in [2.24, 2.45) is 10.8 Å². The molecule has 0 saturated carbocycles. The number of carboxylic acid groups (broad SMARTS) is 1. The van der Waals surface area contributed by atoms with Crippen molar-refractivity contribution in [1.82, 2.24) is 31.2 Å². The molecule has 13 nitrogen and oxygen atoms in total. The van der Waals surface area contributed by atoms with Crippen molar-refractivity contribution in [3.05, 3.63) is 107 Å². The van der Waals surface area contributed by atoms with Crippen LogP contribution in [0.3, 0.4) is 0 Å². The zero-order valence-electron chi connectivity index (χ0n) is 32.1. The summed E-state index contributed by atoms with van der Waals surface area (Å²) in [5.41, 5.74) is 3.53. The monoisotopic (exact) mass is 772 g/mol. The third-order valence-corrected chi connectivity index (χ3v) is 9.73. The van der Waals surface area contributed by atoms with Crippen LogP contribution in [0.25, 0.3) is 11.3 Å². The largest absolute Gasteiger partial charge is 0.465 e. The van der Waals surface area contributed by atoms with E-state index in [1.807, 2.05) is 93.6 Å². The molecule has 0 bridgehead atoms. The highest BCUT2D eigenvalue weighted by molar-refractivity contribution is 7.09. The van der Waals surface area contributed by atoms with E-state index in [9.17, 15) is 29.4 Å². The van der Waals surface area contributed by atoms with Crippen LogP contribution < -0.4 is 21.3 Å².